The second-order valence-corrected chi connectivity index (χ2v) is 6.58. The van der Waals surface area contributed by atoms with Crippen molar-refractivity contribution in [3.63, 3.8) is 0 Å². The van der Waals surface area contributed by atoms with Crippen LogP contribution in [0.5, 0.6) is 5.75 Å². The van der Waals surface area contributed by atoms with Crippen molar-refractivity contribution in [2.75, 3.05) is 18.5 Å². The quantitative estimate of drug-likeness (QED) is 0.620. The summed E-state index contributed by atoms with van der Waals surface area (Å²) < 4.78 is 8.77. The van der Waals surface area contributed by atoms with E-state index in [1.165, 1.54) is 0 Å². The molecule has 1 heterocycles. The fourth-order valence-corrected chi connectivity index (χ4v) is 3.04. The Bertz CT molecular complexity index is 1000. The van der Waals surface area contributed by atoms with Gasteiger partial charge in [0.2, 0.25) is 0 Å². The fraction of sp³-hybridized carbons (Fsp3) is 0.333. The molecule has 3 aromatic rings. The molecule has 3 rings (SSSR count). The van der Waals surface area contributed by atoms with Crippen LogP contribution in [0, 0.1) is 0 Å². The highest BCUT2D eigenvalue weighted by molar-refractivity contribution is 5.96. The first-order chi connectivity index (χ1) is 13.0. The highest BCUT2D eigenvalue weighted by Crippen LogP contribution is 2.18. The SMILES string of the molecule is CCCOc1ccc(C(=O)CCNc2ccc3c(c2)n(C)c(=O)n3C)cc1. The Balaban J connectivity index is 1.59. The second-order valence-electron chi connectivity index (χ2n) is 6.58. The van der Waals surface area contributed by atoms with Crippen LogP contribution in [-0.4, -0.2) is 28.1 Å². The summed E-state index contributed by atoms with van der Waals surface area (Å²) in [7, 11) is 3.51. The number of anilines is 1. The molecule has 0 spiro atoms. The van der Waals surface area contributed by atoms with Gasteiger partial charge in [0.25, 0.3) is 0 Å². The zero-order valence-corrected chi connectivity index (χ0v) is 16.0. The lowest BCUT2D eigenvalue weighted by Gasteiger charge is -2.08. The van der Waals surface area contributed by atoms with Crippen molar-refractivity contribution in [3.05, 3.63) is 58.5 Å². The number of benzene rings is 2. The van der Waals surface area contributed by atoms with Gasteiger partial charge in [-0.3, -0.25) is 13.9 Å². The summed E-state index contributed by atoms with van der Waals surface area (Å²) in [5.41, 5.74) is 3.26. The Hall–Kier alpha value is -3.02. The zero-order valence-electron chi connectivity index (χ0n) is 16.0. The van der Waals surface area contributed by atoms with Crippen molar-refractivity contribution in [2.24, 2.45) is 14.1 Å². The number of hydrogen-bond acceptors (Lipinski definition) is 4. The lowest BCUT2D eigenvalue weighted by atomic mass is 10.1. The largest absolute Gasteiger partial charge is 0.494 e. The first-order valence-electron chi connectivity index (χ1n) is 9.16. The number of ketones is 1. The first kappa shape index (κ1) is 18.8. The summed E-state index contributed by atoms with van der Waals surface area (Å²) in [4.78, 5) is 24.3. The van der Waals surface area contributed by atoms with Gasteiger partial charge < -0.3 is 10.1 Å². The van der Waals surface area contributed by atoms with Crippen LogP contribution in [0.15, 0.2) is 47.3 Å². The van der Waals surface area contributed by atoms with E-state index in [9.17, 15) is 9.59 Å². The molecular weight excluding hydrogens is 342 g/mol. The number of hydrogen-bond donors (Lipinski definition) is 1. The molecule has 0 atom stereocenters. The Kier molecular flexibility index (Phi) is 5.64. The lowest BCUT2D eigenvalue weighted by molar-refractivity contribution is 0.0986. The number of rotatable bonds is 8. The number of carbonyl (C=O) groups excluding carboxylic acids is 1. The topological polar surface area (TPSA) is 65.3 Å². The minimum absolute atomic E-state index is 0.0521. The lowest BCUT2D eigenvalue weighted by Crippen LogP contribution is -2.19. The van der Waals surface area contributed by atoms with E-state index in [-0.39, 0.29) is 11.5 Å². The minimum atomic E-state index is -0.0521. The predicted octanol–water partition coefficient (Wildman–Crippen LogP) is 3.35. The number of aromatic nitrogens is 2. The Morgan fingerprint density at radius 3 is 2.44 bits per heavy atom. The third kappa shape index (κ3) is 4.05. The maximum Gasteiger partial charge on any atom is 0.328 e. The fourth-order valence-electron chi connectivity index (χ4n) is 3.04. The Labute approximate surface area is 158 Å². The van der Waals surface area contributed by atoms with Crippen molar-refractivity contribution in [3.8, 4) is 5.75 Å². The third-order valence-electron chi connectivity index (χ3n) is 4.60. The molecular formula is C21H25N3O3. The van der Waals surface area contributed by atoms with Gasteiger partial charge in [0.05, 0.1) is 17.6 Å². The van der Waals surface area contributed by atoms with Crippen molar-refractivity contribution in [1.82, 2.24) is 9.13 Å². The van der Waals surface area contributed by atoms with Crippen molar-refractivity contribution < 1.29 is 9.53 Å². The van der Waals surface area contributed by atoms with Gasteiger partial charge in [0, 0.05) is 38.3 Å². The van der Waals surface area contributed by atoms with Crippen LogP contribution in [0.25, 0.3) is 11.0 Å². The van der Waals surface area contributed by atoms with Crippen molar-refractivity contribution in [2.45, 2.75) is 19.8 Å². The van der Waals surface area contributed by atoms with E-state index in [0.29, 0.717) is 25.1 Å². The van der Waals surface area contributed by atoms with Gasteiger partial charge in [-0.25, -0.2) is 4.79 Å². The van der Waals surface area contributed by atoms with E-state index in [1.807, 2.05) is 30.3 Å². The van der Waals surface area contributed by atoms with E-state index >= 15 is 0 Å². The number of carbonyl (C=O) groups is 1. The molecule has 6 heteroatoms. The van der Waals surface area contributed by atoms with E-state index in [4.69, 9.17) is 4.74 Å². The summed E-state index contributed by atoms with van der Waals surface area (Å²) in [6.45, 7) is 3.26. The molecule has 0 amide bonds. The predicted molar refractivity (Wildman–Crippen MR) is 108 cm³/mol. The van der Waals surface area contributed by atoms with E-state index in [2.05, 4.69) is 12.2 Å². The van der Waals surface area contributed by atoms with Crippen LogP contribution in [0.1, 0.15) is 30.1 Å². The molecule has 6 nitrogen and oxygen atoms in total. The van der Waals surface area contributed by atoms with Gasteiger partial charge in [-0.15, -0.1) is 0 Å². The molecule has 0 radical (unpaired) electrons. The minimum Gasteiger partial charge on any atom is -0.494 e. The van der Waals surface area contributed by atoms with Crippen molar-refractivity contribution >= 4 is 22.5 Å². The van der Waals surface area contributed by atoms with Crippen LogP contribution in [-0.2, 0) is 14.1 Å². The van der Waals surface area contributed by atoms with Crippen LogP contribution >= 0.6 is 0 Å². The van der Waals surface area contributed by atoms with E-state index in [0.717, 1.165) is 28.9 Å². The number of ether oxygens (including phenoxy) is 1. The zero-order chi connectivity index (χ0) is 19.4. The van der Waals surface area contributed by atoms with Gasteiger partial charge in [0.15, 0.2) is 5.78 Å². The smallest absolute Gasteiger partial charge is 0.328 e. The molecule has 0 saturated heterocycles. The molecule has 0 aliphatic carbocycles. The van der Waals surface area contributed by atoms with E-state index in [1.54, 1.807) is 35.4 Å². The number of imidazole rings is 1. The maximum atomic E-state index is 12.3. The summed E-state index contributed by atoms with van der Waals surface area (Å²) in [5.74, 6) is 0.867. The summed E-state index contributed by atoms with van der Waals surface area (Å²) in [6, 6.07) is 13.0. The molecule has 0 aliphatic rings. The normalized spacial score (nSPS) is 10.9. The van der Waals surface area contributed by atoms with E-state index < -0.39 is 0 Å². The molecule has 0 saturated carbocycles. The number of Topliss-reactive ketones (excluding diaryl/α,β-unsaturated/α-hetero) is 1. The molecule has 27 heavy (non-hydrogen) atoms. The average molecular weight is 367 g/mol. The monoisotopic (exact) mass is 367 g/mol. The molecule has 0 unspecified atom stereocenters. The second kappa shape index (κ2) is 8.12. The van der Waals surface area contributed by atoms with Crippen LogP contribution < -0.4 is 15.7 Å². The molecule has 0 bridgehead atoms. The van der Waals surface area contributed by atoms with Gasteiger partial charge in [-0.05, 0) is 48.9 Å². The van der Waals surface area contributed by atoms with Crippen LogP contribution in [0.2, 0.25) is 0 Å². The number of nitrogens with zero attached hydrogens (tertiary/aromatic N) is 2. The van der Waals surface area contributed by atoms with Gasteiger partial charge in [-0.1, -0.05) is 6.92 Å². The average Bonchev–Trinajstić information content (AvgIpc) is 2.90. The number of aryl methyl sites for hydroxylation is 2. The maximum absolute atomic E-state index is 12.3. The van der Waals surface area contributed by atoms with Crippen molar-refractivity contribution in [1.29, 1.82) is 0 Å². The molecule has 1 N–H and O–H groups in total. The highest BCUT2D eigenvalue weighted by Gasteiger charge is 2.09. The van der Waals surface area contributed by atoms with Crippen LogP contribution in [0.3, 0.4) is 0 Å². The molecule has 1 aromatic heterocycles. The first-order valence-corrected chi connectivity index (χ1v) is 9.16. The highest BCUT2D eigenvalue weighted by atomic mass is 16.5. The number of nitrogens with one attached hydrogen (secondary N) is 1. The summed E-state index contributed by atoms with van der Waals surface area (Å²) >= 11 is 0. The molecule has 142 valence electrons. The standard InChI is InChI=1S/C21H25N3O3/c1-4-13-27-17-8-5-15(6-9-17)20(25)11-12-22-16-7-10-18-19(14-16)24(3)21(26)23(18)2/h5-10,14,22H,4,11-13H2,1-3H3. The molecule has 0 fully saturated rings. The Morgan fingerprint density at radius 2 is 1.74 bits per heavy atom. The van der Waals surface area contributed by atoms with Gasteiger partial charge >= 0.3 is 5.69 Å². The third-order valence-corrected chi connectivity index (χ3v) is 4.60. The van der Waals surface area contributed by atoms with Crippen LogP contribution in [0.4, 0.5) is 5.69 Å². The Morgan fingerprint density at radius 1 is 1.04 bits per heavy atom. The van der Waals surface area contributed by atoms with Gasteiger partial charge in [0.1, 0.15) is 5.75 Å². The number of fused-ring (bicyclic) bond motifs is 1. The summed E-state index contributed by atoms with van der Waals surface area (Å²) in [6.07, 6.45) is 1.34. The molecule has 2 aromatic carbocycles. The summed E-state index contributed by atoms with van der Waals surface area (Å²) in [5, 5.41) is 3.26. The molecule has 0 aliphatic heterocycles. The van der Waals surface area contributed by atoms with Gasteiger partial charge in [-0.2, -0.15) is 0 Å².